The molecule has 2 heterocycles. The van der Waals surface area contributed by atoms with E-state index >= 15 is 0 Å². The second-order valence-corrected chi connectivity index (χ2v) is 3.76. The van der Waals surface area contributed by atoms with Gasteiger partial charge in [0.05, 0.1) is 18.1 Å². The summed E-state index contributed by atoms with van der Waals surface area (Å²) in [5, 5.41) is 9.83. The molecule has 2 aromatic rings. The number of aryl methyl sites for hydroxylation is 1. The third kappa shape index (κ3) is 2.65. The highest BCUT2D eigenvalue weighted by molar-refractivity contribution is 6.02. The fourth-order valence-corrected chi connectivity index (χ4v) is 1.51. The Morgan fingerprint density at radius 2 is 2.22 bits per heavy atom. The molecular weight excluding hydrogens is 230 g/mol. The van der Waals surface area contributed by atoms with E-state index in [1.165, 1.54) is 0 Å². The molecule has 2 aromatic heterocycles. The van der Waals surface area contributed by atoms with Gasteiger partial charge in [-0.25, -0.2) is 4.98 Å². The van der Waals surface area contributed by atoms with E-state index < -0.39 is 0 Å². The molecule has 0 saturated heterocycles. The van der Waals surface area contributed by atoms with E-state index in [-0.39, 0.29) is 5.91 Å². The Morgan fingerprint density at radius 1 is 1.39 bits per heavy atom. The highest BCUT2D eigenvalue weighted by atomic mass is 16.2. The van der Waals surface area contributed by atoms with Crippen molar-refractivity contribution in [1.29, 1.82) is 0 Å². The number of hydrogen-bond donors (Lipinski definition) is 2. The number of nitrogens with one attached hydrogen (secondary N) is 2. The molecule has 0 spiro atoms. The van der Waals surface area contributed by atoms with Crippen LogP contribution in [0.5, 0.6) is 0 Å². The van der Waals surface area contributed by atoms with E-state index in [2.05, 4.69) is 20.7 Å². The van der Waals surface area contributed by atoms with E-state index in [4.69, 9.17) is 0 Å². The molecule has 0 bridgehead atoms. The molecule has 94 valence electrons. The van der Waals surface area contributed by atoms with Crippen LogP contribution in [0.15, 0.2) is 30.6 Å². The normalized spacial score (nSPS) is 10.1. The van der Waals surface area contributed by atoms with E-state index in [1.54, 1.807) is 36.3 Å². The molecular formula is C12H15N5O. The molecule has 0 aliphatic rings. The van der Waals surface area contributed by atoms with Gasteiger partial charge in [0.25, 0.3) is 5.91 Å². The van der Waals surface area contributed by atoms with Crippen molar-refractivity contribution in [3.8, 4) is 0 Å². The van der Waals surface area contributed by atoms with E-state index in [1.807, 2.05) is 13.0 Å². The van der Waals surface area contributed by atoms with Crippen molar-refractivity contribution in [2.45, 2.75) is 6.92 Å². The summed E-state index contributed by atoms with van der Waals surface area (Å²) in [5.41, 5.74) is 1.27. The quantitative estimate of drug-likeness (QED) is 0.856. The van der Waals surface area contributed by atoms with E-state index in [0.717, 1.165) is 12.2 Å². The van der Waals surface area contributed by atoms with Crippen molar-refractivity contribution < 1.29 is 4.79 Å². The molecule has 0 radical (unpaired) electrons. The zero-order chi connectivity index (χ0) is 13.0. The van der Waals surface area contributed by atoms with Crippen molar-refractivity contribution in [3.63, 3.8) is 0 Å². The monoisotopic (exact) mass is 245 g/mol. The van der Waals surface area contributed by atoms with Crippen LogP contribution < -0.4 is 10.6 Å². The first-order valence-electron chi connectivity index (χ1n) is 5.70. The Morgan fingerprint density at radius 3 is 2.78 bits per heavy atom. The number of carbonyl (C=O) groups excluding carboxylic acids is 1. The van der Waals surface area contributed by atoms with Crippen LogP contribution in [0.4, 0.5) is 11.5 Å². The van der Waals surface area contributed by atoms with Gasteiger partial charge in [-0.15, -0.1) is 0 Å². The summed E-state index contributed by atoms with van der Waals surface area (Å²) < 4.78 is 1.59. The smallest absolute Gasteiger partial charge is 0.275 e. The molecule has 6 nitrogen and oxygen atoms in total. The lowest BCUT2D eigenvalue weighted by molar-refractivity contribution is 0.102. The summed E-state index contributed by atoms with van der Waals surface area (Å²) in [6, 6.07) is 5.24. The van der Waals surface area contributed by atoms with Crippen molar-refractivity contribution in [2.24, 2.45) is 7.05 Å². The second-order valence-electron chi connectivity index (χ2n) is 3.76. The molecule has 0 aromatic carbocycles. The minimum Gasteiger partial charge on any atom is -0.384 e. The first-order valence-corrected chi connectivity index (χ1v) is 5.70. The van der Waals surface area contributed by atoms with Gasteiger partial charge in [-0.1, -0.05) is 0 Å². The number of hydrogen-bond acceptors (Lipinski definition) is 4. The lowest BCUT2D eigenvalue weighted by atomic mass is 10.3. The van der Waals surface area contributed by atoms with Crippen LogP contribution in [0.25, 0.3) is 0 Å². The lowest BCUT2D eigenvalue weighted by Gasteiger charge is -2.06. The first kappa shape index (κ1) is 12.1. The Balaban J connectivity index is 2.07. The third-order valence-corrected chi connectivity index (χ3v) is 2.44. The number of carbonyl (C=O) groups is 1. The van der Waals surface area contributed by atoms with Crippen LogP contribution in [0.1, 0.15) is 17.4 Å². The number of rotatable bonds is 4. The summed E-state index contributed by atoms with van der Waals surface area (Å²) in [6.45, 7) is 2.82. The van der Waals surface area contributed by atoms with Gasteiger partial charge in [0.2, 0.25) is 0 Å². The minimum atomic E-state index is -0.248. The molecule has 6 heteroatoms. The maximum atomic E-state index is 11.9. The van der Waals surface area contributed by atoms with Gasteiger partial charge in [0.15, 0.2) is 0 Å². The Bertz CT molecular complexity index is 532. The highest BCUT2D eigenvalue weighted by Crippen LogP contribution is 2.09. The average Bonchev–Trinajstić information content (AvgIpc) is 2.76. The predicted molar refractivity (Wildman–Crippen MR) is 69.6 cm³/mol. The zero-order valence-electron chi connectivity index (χ0n) is 10.3. The van der Waals surface area contributed by atoms with E-state index in [9.17, 15) is 4.79 Å². The van der Waals surface area contributed by atoms with Gasteiger partial charge in [-0.2, -0.15) is 5.10 Å². The number of pyridine rings is 1. The predicted octanol–water partition coefficient (Wildman–Crippen LogP) is 1.50. The molecule has 2 N–H and O–H groups in total. The largest absolute Gasteiger partial charge is 0.384 e. The Hall–Kier alpha value is -2.37. The molecule has 18 heavy (non-hydrogen) atoms. The molecule has 0 unspecified atom stereocenters. The summed E-state index contributed by atoms with van der Waals surface area (Å²) in [4.78, 5) is 16.0. The molecule has 0 saturated carbocycles. The number of amides is 1. The average molecular weight is 245 g/mol. The second kappa shape index (κ2) is 5.31. The highest BCUT2D eigenvalue weighted by Gasteiger charge is 2.09. The molecule has 1 amide bonds. The van der Waals surface area contributed by atoms with Crippen LogP contribution >= 0.6 is 0 Å². The molecule has 2 rings (SSSR count). The maximum Gasteiger partial charge on any atom is 0.275 e. The van der Waals surface area contributed by atoms with Crippen LogP contribution in [0.3, 0.4) is 0 Å². The first-order chi connectivity index (χ1) is 8.70. The van der Waals surface area contributed by atoms with Crippen LogP contribution in [-0.2, 0) is 7.05 Å². The number of nitrogens with zero attached hydrogens (tertiary/aromatic N) is 3. The molecule has 0 fully saturated rings. The van der Waals surface area contributed by atoms with Crippen LogP contribution in [0.2, 0.25) is 0 Å². The summed E-state index contributed by atoms with van der Waals surface area (Å²) in [6.07, 6.45) is 3.26. The van der Waals surface area contributed by atoms with Crippen molar-refractivity contribution in [3.05, 3.63) is 36.3 Å². The fraction of sp³-hybridized carbons (Fsp3) is 0.250. The van der Waals surface area contributed by atoms with Crippen molar-refractivity contribution >= 4 is 17.4 Å². The van der Waals surface area contributed by atoms with Gasteiger partial charge in [0.1, 0.15) is 11.5 Å². The fourth-order valence-electron chi connectivity index (χ4n) is 1.51. The van der Waals surface area contributed by atoms with Crippen molar-refractivity contribution in [1.82, 2.24) is 14.8 Å². The Kier molecular flexibility index (Phi) is 3.57. The SMILES string of the molecule is CCNc1ccc(C(=O)Nc2ccnn2C)nc1. The van der Waals surface area contributed by atoms with Crippen molar-refractivity contribution in [2.75, 3.05) is 17.2 Å². The topological polar surface area (TPSA) is 71.8 Å². The maximum absolute atomic E-state index is 11.9. The summed E-state index contributed by atoms with van der Waals surface area (Å²) >= 11 is 0. The number of aromatic nitrogens is 3. The molecule has 0 aliphatic carbocycles. The summed E-state index contributed by atoms with van der Waals surface area (Å²) in [5.74, 6) is 0.388. The van der Waals surface area contributed by atoms with Gasteiger partial charge in [-0.3, -0.25) is 9.48 Å². The van der Waals surface area contributed by atoms with Crippen LogP contribution in [0, 0.1) is 0 Å². The van der Waals surface area contributed by atoms with Gasteiger partial charge < -0.3 is 10.6 Å². The zero-order valence-corrected chi connectivity index (χ0v) is 10.3. The van der Waals surface area contributed by atoms with Gasteiger partial charge >= 0.3 is 0 Å². The lowest BCUT2D eigenvalue weighted by Crippen LogP contribution is -2.16. The number of anilines is 2. The van der Waals surface area contributed by atoms with Gasteiger partial charge in [0, 0.05) is 19.7 Å². The standard InChI is InChI=1S/C12H15N5O/c1-3-13-9-4-5-10(14-8-9)12(18)16-11-6-7-15-17(11)2/h4-8,13H,3H2,1-2H3,(H,16,18). The molecule has 0 atom stereocenters. The van der Waals surface area contributed by atoms with E-state index in [0.29, 0.717) is 11.5 Å². The van der Waals surface area contributed by atoms with Gasteiger partial charge in [-0.05, 0) is 19.1 Å². The third-order valence-electron chi connectivity index (χ3n) is 2.44. The Labute approximate surface area is 105 Å². The minimum absolute atomic E-state index is 0.248. The van der Waals surface area contributed by atoms with Crippen LogP contribution in [-0.4, -0.2) is 27.2 Å². The summed E-state index contributed by atoms with van der Waals surface area (Å²) in [7, 11) is 1.76. The molecule has 0 aliphatic heterocycles.